The monoisotopic (exact) mass is 467 g/mol. The van der Waals surface area contributed by atoms with Gasteiger partial charge in [-0.3, -0.25) is 0 Å². The van der Waals surface area contributed by atoms with Gasteiger partial charge in [0.25, 0.3) is 0 Å². The Bertz CT molecular complexity index is 1120. The van der Waals surface area contributed by atoms with Crippen LogP contribution in [0.1, 0.15) is 48.6 Å². The summed E-state index contributed by atoms with van der Waals surface area (Å²) in [4.78, 5) is 10.6. The van der Waals surface area contributed by atoms with Crippen LogP contribution in [0.15, 0.2) is 30.6 Å². The quantitative estimate of drug-likeness (QED) is 0.725. The minimum Gasteiger partial charge on any atom is -0.396 e. The molecule has 32 heavy (non-hydrogen) atoms. The van der Waals surface area contributed by atoms with Gasteiger partial charge in [-0.2, -0.15) is 17.5 Å². The molecule has 2 aromatic rings. The molecule has 1 atom stereocenters. The average Bonchev–Trinajstić information content (AvgIpc) is 3.62. The Morgan fingerprint density at radius 3 is 2.38 bits per heavy atom. The number of sulfonamides is 1. The first-order valence-corrected chi connectivity index (χ1v) is 12.1. The maximum atomic E-state index is 13.5. The second-order valence-electron chi connectivity index (χ2n) is 8.83. The summed E-state index contributed by atoms with van der Waals surface area (Å²) in [5, 5.41) is 0. The predicted molar refractivity (Wildman–Crippen MR) is 113 cm³/mol. The van der Waals surface area contributed by atoms with Crippen LogP contribution < -0.4 is 10.6 Å². The summed E-state index contributed by atoms with van der Waals surface area (Å²) in [6.45, 7) is -0.241. The number of nitrogens with two attached hydrogens (primary N) is 1. The van der Waals surface area contributed by atoms with Crippen molar-refractivity contribution in [1.82, 2.24) is 14.3 Å². The van der Waals surface area contributed by atoms with Gasteiger partial charge in [0.2, 0.25) is 0 Å². The number of benzene rings is 1. The second kappa shape index (κ2) is 7.58. The lowest BCUT2D eigenvalue weighted by Crippen LogP contribution is -2.47. The van der Waals surface area contributed by atoms with Gasteiger partial charge >= 0.3 is 15.5 Å². The average molecular weight is 468 g/mol. The van der Waals surface area contributed by atoms with E-state index in [1.54, 1.807) is 0 Å². The van der Waals surface area contributed by atoms with Gasteiger partial charge in [-0.05, 0) is 54.7 Å². The summed E-state index contributed by atoms with van der Waals surface area (Å²) in [5.74, 6) is 0.859. The third kappa shape index (κ3) is 3.92. The standard InChI is InChI=1S/C21H24F3N5O2S/c22-21(23,24)32(30,31)28-10-17-16(13-4-5-13)2-1-3-18(17)29(19(11-28)14-6-7-14)12-20-26-8-15(25)9-27-20/h1-3,8-9,13-14,19H,4-7,10-12,25H2. The molecule has 11 heteroatoms. The molecule has 0 spiro atoms. The number of halogens is 3. The van der Waals surface area contributed by atoms with Crippen LogP contribution in [0.4, 0.5) is 24.5 Å². The van der Waals surface area contributed by atoms with E-state index in [1.165, 1.54) is 12.4 Å². The first-order valence-electron chi connectivity index (χ1n) is 10.7. The maximum Gasteiger partial charge on any atom is 0.511 e. The van der Waals surface area contributed by atoms with Gasteiger partial charge in [0.1, 0.15) is 5.82 Å². The topological polar surface area (TPSA) is 92.4 Å². The van der Waals surface area contributed by atoms with Crippen molar-refractivity contribution in [2.45, 2.75) is 56.2 Å². The first-order chi connectivity index (χ1) is 15.1. The molecule has 0 radical (unpaired) electrons. The van der Waals surface area contributed by atoms with Gasteiger partial charge in [0.05, 0.1) is 24.6 Å². The molecule has 7 nitrogen and oxygen atoms in total. The Hall–Kier alpha value is -2.40. The van der Waals surface area contributed by atoms with Crippen LogP contribution in [0.25, 0.3) is 0 Å². The van der Waals surface area contributed by atoms with E-state index in [2.05, 4.69) is 9.97 Å². The van der Waals surface area contributed by atoms with Crippen LogP contribution in [0, 0.1) is 5.92 Å². The Labute approximate surface area is 184 Å². The van der Waals surface area contributed by atoms with Crippen molar-refractivity contribution in [3.63, 3.8) is 0 Å². The molecule has 2 saturated carbocycles. The van der Waals surface area contributed by atoms with Gasteiger partial charge in [0.15, 0.2) is 0 Å². The smallest absolute Gasteiger partial charge is 0.396 e. The van der Waals surface area contributed by atoms with Crippen molar-refractivity contribution < 1.29 is 21.6 Å². The highest BCUT2D eigenvalue weighted by Gasteiger charge is 2.53. The predicted octanol–water partition coefficient (Wildman–Crippen LogP) is 3.39. The van der Waals surface area contributed by atoms with Crippen LogP contribution in [-0.4, -0.2) is 40.8 Å². The van der Waals surface area contributed by atoms with E-state index < -0.39 is 21.6 Å². The lowest BCUT2D eigenvalue weighted by molar-refractivity contribution is -0.0492. The van der Waals surface area contributed by atoms with Gasteiger partial charge in [-0.1, -0.05) is 12.1 Å². The van der Waals surface area contributed by atoms with E-state index in [1.807, 2.05) is 23.1 Å². The minimum atomic E-state index is -5.47. The van der Waals surface area contributed by atoms with Gasteiger partial charge in [0, 0.05) is 24.8 Å². The SMILES string of the molecule is Nc1cnc(CN2c3cccc(C4CC4)c3CN(S(=O)(=O)C(F)(F)F)CC2C2CC2)nc1. The second-order valence-corrected chi connectivity index (χ2v) is 10.8. The highest BCUT2D eigenvalue weighted by molar-refractivity contribution is 7.89. The van der Waals surface area contributed by atoms with Crippen molar-refractivity contribution >= 4 is 21.4 Å². The minimum absolute atomic E-state index is 0.116. The molecule has 5 rings (SSSR count). The largest absolute Gasteiger partial charge is 0.511 e. The number of fused-ring (bicyclic) bond motifs is 1. The van der Waals surface area contributed by atoms with Crippen molar-refractivity contribution in [1.29, 1.82) is 0 Å². The highest BCUT2D eigenvalue weighted by atomic mass is 32.2. The fraction of sp³-hybridized carbons (Fsp3) is 0.524. The summed E-state index contributed by atoms with van der Waals surface area (Å²) in [6.07, 6.45) is 6.59. The molecule has 172 valence electrons. The molecular formula is C21H24F3N5O2S. The number of anilines is 2. The number of hydrogen-bond acceptors (Lipinski definition) is 6. The molecule has 1 unspecified atom stereocenters. The van der Waals surface area contributed by atoms with Crippen molar-refractivity contribution in [2.75, 3.05) is 17.2 Å². The van der Waals surface area contributed by atoms with Crippen molar-refractivity contribution in [3.8, 4) is 0 Å². The van der Waals surface area contributed by atoms with E-state index in [4.69, 9.17) is 5.73 Å². The van der Waals surface area contributed by atoms with Gasteiger partial charge in [-0.15, -0.1) is 0 Å². The molecule has 2 N–H and O–H groups in total. The zero-order valence-electron chi connectivity index (χ0n) is 17.3. The Morgan fingerprint density at radius 2 is 1.78 bits per heavy atom. The molecule has 0 saturated heterocycles. The Balaban J connectivity index is 1.62. The number of rotatable bonds is 5. The maximum absolute atomic E-state index is 13.5. The van der Waals surface area contributed by atoms with E-state index in [0.29, 0.717) is 21.4 Å². The lowest BCUT2D eigenvalue weighted by Gasteiger charge is -2.34. The van der Waals surface area contributed by atoms with Gasteiger partial charge in [-0.25, -0.2) is 18.4 Å². The Morgan fingerprint density at radius 1 is 1.09 bits per heavy atom. The summed E-state index contributed by atoms with van der Waals surface area (Å²) < 4.78 is 66.3. The van der Waals surface area contributed by atoms with Crippen molar-refractivity contribution in [3.05, 3.63) is 47.5 Å². The molecule has 1 aromatic carbocycles. The zero-order chi connectivity index (χ0) is 22.7. The number of nitrogen functional groups attached to an aromatic ring is 1. The van der Waals surface area contributed by atoms with Crippen LogP contribution >= 0.6 is 0 Å². The fourth-order valence-electron chi connectivity index (χ4n) is 4.55. The highest BCUT2D eigenvalue weighted by Crippen LogP contribution is 2.48. The van der Waals surface area contributed by atoms with E-state index in [0.717, 1.165) is 36.9 Å². The molecule has 1 aliphatic heterocycles. The first kappa shape index (κ1) is 21.4. The number of hydrogen-bond donors (Lipinski definition) is 1. The van der Waals surface area contributed by atoms with Crippen LogP contribution in [-0.2, 0) is 23.1 Å². The van der Waals surface area contributed by atoms with E-state index in [9.17, 15) is 21.6 Å². The number of alkyl halides is 3. The number of aromatic nitrogens is 2. The van der Waals surface area contributed by atoms with E-state index >= 15 is 0 Å². The molecule has 2 heterocycles. The van der Waals surface area contributed by atoms with E-state index in [-0.39, 0.29) is 31.5 Å². The summed E-state index contributed by atoms with van der Waals surface area (Å²) in [7, 11) is -5.47. The number of nitrogens with zero attached hydrogens (tertiary/aromatic N) is 4. The normalized spacial score (nSPS) is 22.5. The summed E-state index contributed by atoms with van der Waals surface area (Å²) >= 11 is 0. The van der Waals surface area contributed by atoms with Crippen LogP contribution in [0.2, 0.25) is 0 Å². The molecule has 2 fully saturated rings. The third-order valence-electron chi connectivity index (χ3n) is 6.48. The third-order valence-corrected chi connectivity index (χ3v) is 8.02. The summed E-state index contributed by atoms with van der Waals surface area (Å²) in [5.41, 5.74) is 3.13. The zero-order valence-corrected chi connectivity index (χ0v) is 18.1. The molecule has 2 aliphatic carbocycles. The molecular weight excluding hydrogens is 443 g/mol. The molecule has 3 aliphatic rings. The summed E-state index contributed by atoms with van der Waals surface area (Å²) in [6, 6.07) is 5.28. The molecule has 0 bridgehead atoms. The van der Waals surface area contributed by atoms with Crippen molar-refractivity contribution in [2.24, 2.45) is 5.92 Å². The van der Waals surface area contributed by atoms with Crippen LogP contribution in [0.3, 0.4) is 0 Å². The van der Waals surface area contributed by atoms with Crippen LogP contribution in [0.5, 0.6) is 0 Å². The van der Waals surface area contributed by atoms with Gasteiger partial charge < -0.3 is 10.6 Å². The molecule has 0 amide bonds. The lowest BCUT2D eigenvalue weighted by atomic mass is 10.00. The fourth-order valence-corrected chi connectivity index (χ4v) is 5.49. The Kier molecular flexibility index (Phi) is 5.08. The molecule has 1 aromatic heterocycles.